The van der Waals surface area contributed by atoms with Crippen molar-refractivity contribution < 1.29 is 4.74 Å². The first-order valence-electron chi connectivity index (χ1n) is 6.76. The number of nitrogens with one attached hydrogen (secondary N) is 1. The number of ether oxygens (including phenoxy) is 1. The third-order valence-corrected chi connectivity index (χ3v) is 3.54. The van der Waals surface area contributed by atoms with Crippen LogP contribution < -0.4 is 11.1 Å². The van der Waals surface area contributed by atoms with Crippen LogP contribution >= 0.6 is 0 Å². The van der Waals surface area contributed by atoms with Crippen LogP contribution in [-0.2, 0) is 11.3 Å². The fourth-order valence-corrected chi connectivity index (χ4v) is 2.40. The molecule has 1 aliphatic rings. The molecule has 0 amide bonds. The minimum Gasteiger partial charge on any atom is -0.394 e. The van der Waals surface area contributed by atoms with Crippen LogP contribution in [-0.4, -0.2) is 28.5 Å². The lowest BCUT2D eigenvalue weighted by molar-refractivity contribution is 0.0314. The molecule has 5 heteroatoms. The van der Waals surface area contributed by atoms with Gasteiger partial charge in [-0.3, -0.25) is 0 Å². The molecule has 0 aliphatic carbocycles. The summed E-state index contributed by atoms with van der Waals surface area (Å²) in [6, 6.07) is 0. The van der Waals surface area contributed by atoms with Gasteiger partial charge in [-0.25, -0.2) is 4.68 Å². The van der Waals surface area contributed by atoms with E-state index in [-0.39, 0.29) is 5.60 Å². The average molecular weight is 252 g/mol. The van der Waals surface area contributed by atoms with Crippen LogP contribution in [0.4, 0.5) is 11.5 Å². The van der Waals surface area contributed by atoms with Gasteiger partial charge in [-0.2, -0.15) is 5.10 Å². The van der Waals surface area contributed by atoms with E-state index < -0.39 is 0 Å². The monoisotopic (exact) mass is 252 g/mol. The summed E-state index contributed by atoms with van der Waals surface area (Å²) in [7, 11) is 0. The van der Waals surface area contributed by atoms with E-state index in [0.29, 0.717) is 0 Å². The van der Waals surface area contributed by atoms with Crippen molar-refractivity contribution in [2.45, 2.75) is 52.2 Å². The highest BCUT2D eigenvalue weighted by atomic mass is 16.5. The van der Waals surface area contributed by atoms with Crippen molar-refractivity contribution in [2.75, 3.05) is 24.2 Å². The summed E-state index contributed by atoms with van der Waals surface area (Å²) in [6.45, 7) is 8.76. The van der Waals surface area contributed by atoms with Gasteiger partial charge in [-0.05, 0) is 33.1 Å². The Balaban J connectivity index is 2.08. The zero-order chi connectivity index (χ0) is 13.2. The van der Waals surface area contributed by atoms with Crippen molar-refractivity contribution in [3.8, 4) is 0 Å². The Morgan fingerprint density at radius 2 is 2.33 bits per heavy atom. The topological polar surface area (TPSA) is 65.1 Å². The fourth-order valence-electron chi connectivity index (χ4n) is 2.40. The Morgan fingerprint density at radius 3 is 2.94 bits per heavy atom. The van der Waals surface area contributed by atoms with Crippen molar-refractivity contribution in [3.05, 3.63) is 5.69 Å². The second-order valence-electron chi connectivity index (χ2n) is 5.33. The lowest BCUT2D eigenvalue weighted by atomic mass is 10.0. The molecule has 0 radical (unpaired) electrons. The zero-order valence-electron chi connectivity index (χ0n) is 11.6. The largest absolute Gasteiger partial charge is 0.394 e. The molecule has 1 aromatic heterocycles. The number of nitrogens with two attached hydrogens (primary N) is 1. The van der Waals surface area contributed by atoms with E-state index in [4.69, 9.17) is 10.5 Å². The molecular weight excluding hydrogens is 228 g/mol. The van der Waals surface area contributed by atoms with E-state index in [9.17, 15) is 0 Å². The summed E-state index contributed by atoms with van der Waals surface area (Å²) in [5.74, 6) is 0.936. The van der Waals surface area contributed by atoms with Crippen LogP contribution in [0.15, 0.2) is 0 Å². The Labute approximate surface area is 109 Å². The first-order chi connectivity index (χ1) is 8.56. The molecule has 102 valence electrons. The highest BCUT2D eigenvalue weighted by Gasteiger charge is 2.30. The molecule has 2 rings (SSSR count). The van der Waals surface area contributed by atoms with Crippen molar-refractivity contribution in [1.29, 1.82) is 0 Å². The lowest BCUT2D eigenvalue weighted by Gasteiger charge is -2.24. The minimum atomic E-state index is -0.0678. The molecule has 1 saturated heterocycles. The Morgan fingerprint density at radius 1 is 1.56 bits per heavy atom. The summed E-state index contributed by atoms with van der Waals surface area (Å²) in [6.07, 6.45) is 3.28. The number of hydrogen-bond donors (Lipinski definition) is 2. The van der Waals surface area contributed by atoms with E-state index in [1.54, 1.807) is 0 Å². The standard InChI is InChI=1S/C13H24N4O/c1-4-7-17-12(11(14)10(2)16-17)15-9-13(3)6-5-8-18-13/h15H,4-9,14H2,1-3H3. The van der Waals surface area contributed by atoms with Gasteiger partial charge in [0.05, 0.1) is 17.0 Å². The molecule has 0 spiro atoms. The Hall–Kier alpha value is -1.23. The molecule has 5 nitrogen and oxygen atoms in total. The molecular formula is C13H24N4O. The van der Waals surface area contributed by atoms with Gasteiger partial charge < -0.3 is 15.8 Å². The number of aromatic nitrogens is 2. The van der Waals surface area contributed by atoms with Crippen LogP contribution in [0.3, 0.4) is 0 Å². The van der Waals surface area contributed by atoms with Crippen LogP contribution in [0.2, 0.25) is 0 Å². The number of aryl methyl sites for hydroxylation is 2. The molecule has 0 saturated carbocycles. The van der Waals surface area contributed by atoms with Crippen molar-refractivity contribution in [3.63, 3.8) is 0 Å². The van der Waals surface area contributed by atoms with Crippen LogP contribution in [0.25, 0.3) is 0 Å². The van der Waals surface area contributed by atoms with Crippen LogP contribution in [0.5, 0.6) is 0 Å². The molecule has 2 heterocycles. The van der Waals surface area contributed by atoms with Gasteiger partial charge in [0.25, 0.3) is 0 Å². The van der Waals surface area contributed by atoms with E-state index in [1.165, 1.54) is 0 Å². The summed E-state index contributed by atoms with van der Waals surface area (Å²) in [4.78, 5) is 0. The third-order valence-electron chi connectivity index (χ3n) is 3.54. The molecule has 1 aromatic rings. The van der Waals surface area contributed by atoms with Gasteiger partial charge in [0.1, 0.15) is 5.82 Å². The molecule has 18 heavy (non-hydrogen) atoms. The van der Waals surface area contributed by atoms with Gasteiger partial charge in [0, 0.05) is 19.7 Å². The van der Waals surface area contributed by atoms with Crippen molar-refractivity contribution in [1.82, 2.24) is 9.78 Å². The summed E-state index contributed by atoms with van der Waals surface area (Å²) in [5.41, 5.74) is 7.65. The quantitative estimate of drug-likeness (QED) is 0.843. The minimum absolute atomic E-state index is 0.0678. The smallest absolute Gasteiger partial charge is 0.148 e. The number of anilines is 2. The predicted octanol–water partition coefficient (Wildman–Crippen LogP) is 2.16. The van der Waals surface area contributed by atoms with Gasteiger partial charge in [0.2, 0.25) is 0 Å². The van der Waals surface area contributed by atoms with E-state index in [2.05, 4.69) is 24.3 Å². The maximum absolute atomic E-state index is 6.07. The van der Waals surface area contributed by atoms with E-state index in [0.717, 1.165) is 56.2 Å². The third kappa shape index (κ3) is 2.61. The number of nitrogen functional groups attached to an aromatic ring is 1. The first-order valence-corrected chi connectivity index (χ1v) is 6.76. The molecule has 1 unspecified atom stereocenters. The number of nitrogens with zero attached hydrogens (tertiary/aromatic N) is 2. The van der Waals surface area contributed by atoms with Crippen molar-refractivity contribution in [2.24, 2.45) is 0 Å². The maximum atomic E-state index is 6.07. The highest BCUT2D eigenvalue weighted by molar-refractivity contribution is 5.64. The predicted molar refractivity (Wildman–Crippen MR) is 73.7 cm³/mol. The maximum Gasteiger partial charge on any atom is 0.148 e. The van der Waals surface area contributed by atoms with E-state index in [1.807, 2.05) is 11.6 Å². The second-order valence-corrected chi connectivity index (χ2v) is 5.33. The summed E-state index contributed by atoms with van der Waals surface area (Å²) < 4.78 is 7.74. The van der Waals surface area contributed by atoms with Gasteiger partial charge in [-0.1, -0.05) is 6.92 Å². The Kier molecular flexibility index (Phi) is 3.80. The summed E-state index contributed by atoms with van der Waals surface area (Å²) in [5, 5.41) is 7.88. The lowest BCUT2D eigenvalue weighted by Crippen LogP contribution is -2.33. The number of rotatable bonds is 5. The normalized spacial score (nSPS) is 23.5. The van der Waals surface area contributed by atoms with Crippen LogP contribution in [0.1, 0.15) is 38.8 Å². The SMILES string of the molecule is CCCn1nc(C)c(N)c1NCC1(C)CCCO1. The molecule has 1 fully saturated rings. The molecule has 1 atom stereocenters. The second kappa shape index (κ2) is 5.18. The molecule has 0 aromatic carbocycles. The first kappa shape index (κ1) is 13.2. The van der Waals surface area contributed by atoms with Gasteiger partial charge in [-0.15, -0.1) is 0 Å². The van der Waals surface area contributed by atoms with Crippen LogP contribution in [0, 0.1) is 6.92 Å². The fraction of sp³-hybridized carbons (Fsp3) is 0.769. The molecule has 1 aliphatic heterocycles. The zero-order valence-corrected chi connectivity index (χ0v) is 11.6. The molecule has 0 bridgehead atoms. The highest BCUT2D eigenvalue weighted by Crippen LogP contribution is 2.28. The van der Waals surface area contributed by atoms with Crippen molar-refractivity contribution >= 4 is 11.5 Å². The number of hydrogen-bond acceptors (Lipinski definition) is 4. The van der Waals surface area contributed by atoms with E-state index >= 15 is 0 Å². The average Bonchev–Trinajstić information content (AvgIpc) is 2.85. The molecule has 3 N–H and O–H groups in total. The van der Waals surface area contributed by atoms with Gasteiger partial charge in [0.15, 0.2) is 0 Å². The van der Waals surface area contributed by atoms with Gasteiger partial charge >= 0.3 is 0 Å². The Bertz CT molecular complexity index is 407. The summed E-state index contributed by atoms with van der Waals surface area (Å²) >= 11 is 0.